The number of rotatable bonds is 4. The molecule has 3 heterocycles. The second-order valence-corrected chi connectivity index (χ2v) is 4.87. The number of aryl methyl sites for hydroxylation is 1. The summed E-state index contributed by atoms with van der Waals surface area (Å²) in [6.07, 6.45) is 5.45. The topological polar surface area (TPSA) is 76.5 Å². The van der Waals surface area contributed by atoms with Gasteiger partial charge in [-0.15, -0.1) is 0 Å². The van der Waals surface area contributed by atoms with Gasteiger partial charge in [-0.25, -0.2) is 4.98 Å². The number of carbonyl (C=O) groups is 1. The van der Waals surface area contributed by atoms with Crippen LogP contribution in [0.25, 0.3) is 5.65 Å². The van der Waals surface area contributed by atoms with Gasteiger partial charge in [0, 0.05) is 32.4 Å². The zero-order chi connectivity index (χ0) is 14.8. The molecule has 0 aliphatic heterocycles. The van der Waals surface area contributed by atoms with Crippen LogP contribution in [0, 0.1) is 6.92 Å². The molecule has 0 radical (unpaired) electrons. The SMILES string of the molecule is Cc1cccn2cc(C(=O)N(C)CCc3ncon3)nc12. The van der Waals surface area contributed by atoms with Gasteiger partial charge in [-0.2, -0.15) is 4.98 Å². The van der Waals surface area contributed by atoms with Crippen molar-refractivity contribution in [3.05, 3.63) is 48.0 Å². The van der Waals surface area contributed by atoms with Gasteiger partial charge in [-0.05, 0) is 18.6 Å². The first-order chi connectivity index (χ1) is 10.1. The van der Waals surface area contributed by atoms with Crippen LogP contribution in [-0.4, -0.2) is 43.9 Å². The van der Waals surface area contributed by atoms with Crippen LogP contribution >= 0.6 is 0 Å². The average Bonchev–Trinajstić information content (AvgIpc) is 3.13. The molecule has 0 aliphatic carbocycles. The second kappa shape index (κ2) is 5.35. The molecule has 0 saturated carbocycles. The van der Waals surface area contributed by atoms with Crippen molar-refractivity contribution in [2.24, 2.45) is 0 Å². The van der Waals surface area contributed by atoms with Crippen LogP contribution in [0.5, 0.6) is 0 Å². The van der Waals surface area contributed by atoms with E-state index in [2.05, 4.69) is 19.6 Å². The van der Waals surface area contributed by atoms with Gasteiger partial charge in [0.25, 0.3) is 5.91 Å². The lowest BCUT2D eigenvalue weighted by atomic mass is 10.3. The van der Waals surface area contributed by atoms with Gasteiger partial charge in [0.15, 0.2) is 5.82 Å². The van der Waals surface area contributed by atoms with Crippen molar-refractivity contribution in [2.45, 2.75) is 13.3 Å². The Morgan fingerprint density at radius 3 is 3.05 bits per heavy atom. The number of aromatic nitrogens is 4. The molecule has 3 aromatic rings. The van der Waals surface area contributed by atoms with Crippen LogP contribution < -0.4 is 0 Å². The molecule has 0 bridgehead atoms. The summed E-state index contributed by atoms with van der Waals surface area (Å²) in [6, 6.07) is 3.90. The van der Waals surface area contributed by atoms with Crippen LogP contribution in [0.4, 0.5) is 0 Å². The summed E-state index contributed by atoms with van der Waals surface area (Å²) in [7, 11) is 1.74. The zero-order valence-electron chi connectivity index (χ0n) is 11.9. The van der Waals surface area contributed by atoms with E-state index >= 15 is 0 Å². The molecule has 0 aliphatic rings. The molecule has 3 rings (SSSR count). The van der Waals surface area contributed by atoms with Crippen molar-refractivity contribution in [3.63, 3.8) is 0 Å². The van der Waals surface area contributed by atoms with Crippen LogP contribution in [0.3, 0.4) is 0 Å². The molecule has 108 valence electrons. The second-order valence-electron chi connectivity index (χ2n) is 4.87. The normalized spacial score (nSPS) is 11.0. The Morgan fingerprint density at radius 2 is 2.33 bits per heavy atom. The van der Waals surface area contributed by atoms with E-state index in [0.717, 1.165) is 11.2 Å². The van der Waals surface area contributed by atoms with E-state index in [1.54, 1.807) is 18.1 Å². The van der Waals surface area contributed by atoms with Gasteiger partial charge in [-0.1, -0.05) is 11.2 Å². The van der Waals surface area contributed by atoms with Crippen molar-refractivity contribution in [1.82, 2.24) is 24.4 Å². The highest BCUT2D eigenvalue weighted by atomic mass is 16.5. The fourth-order valence-electron chi connectivity index (χ4n) is 2.12. The minimum atomic E-state index is -0.124. The first-order valence-electron chi connectivity index (χ1n) is 6.60. The summed E-state index contributed by atoms with van der Waals surface area (Å²) >= 11 is 0. The van der Waals surface area contributed by atoms with Crippen LogP contribution in [0.2, 0.25) is 0 Å². The summed E-state index contributed by atoms with van der Waals surface area (Å²) in [5.74, 6) is 0.460. The highest BCUT2D eigenvalue weighted by Crippen LogP contribution is 2.11. The Balaban J connectivity index is 1.75. The van der Waals surface area contributed by atoms with E-state index in [1.807, 2.05) is 29.7 Å². The molecule has 21 heavy (non-hydrogen) atoms. The molecule has 3 aromatic heterocycles. The highest BCUT2D eigenvalue weighted by molar-refractivity contribution is 5.92. The molecular weight excluding hydrogens is 270 g/mol. The Labute approximate surface area is 121 Å². The predicted molar refractivity (Wildman–Crippen MR) is 74.9 cm³/mol. The van der Waals surface area contributed by atoms with Gasteiger partial charge in [0.05, 0.1) is 0 Å². The van der Waals surface area contributed by atoms with Crippen molar-refractivity contribution >= 4 is 11.6 Å². The summed E-state index contributed by atoms with van der Waals surface area (Å²) in [5, 5.41) is 3.72. The standard InChI is InChI=1S/C14H15N5O2/c1-10-4-3-6-19-8-11(16-13(10)19)14(20)18(2)7-5-12-15-9-21-17-12/h3-4,6,8-9H,5,7H2,1-2H3. The van der Waals surface area contributed by atoms with Crippen molar-refractivity contribution < 1.29 is 9.32 Å². The summed E-state index contributed by atoms with van der Waals surface area (Å²) in [6.45, 7) is 2.47. The van der Waals surface area contributed by atoms with E-state index in [0.29, 0.717) is 24.5 Å². The van der Waals surface area contributed by atoms with Gasteiger partial charge in [-0.3, -0.25) is 4.79 Å². The lowest BCUT2D eigenvalue weighted by Gasteiger charge is -2.14. The molecule has 0 unspecified atom stereocenters. The van der Waals surface area contributed by atoms with E-state index in [4.69, 9.17) is 0 Å². The predicted octanol–water partition coefficient (Wildman–Crippen LogP) is 1.34. The average molecular weight is 285 g/mol. The summed E-state index contributed by atoms with van der Waals surface area (Å²) in [5.41, 5.74) is 2.26. The van der Waals surface area contributed by atoms with E-state index in [1.165, 1.54) is 6.39 Å². The van der Waals surface area contributed by atoms with Gasteiger partial charge in [0.1, 0.15) is 11.3 Å². The number of likely N-dealkylation sites (N-methyl/N-ethyl adjacent to an activating group) is 1. The number of pyridine rings is 1. The van der Waals surface area contributed by atoms with Crippen molar-refractivity contribution in [2.75, 3.05) is 13.6 Å². The molecular formula is C14H15N5O2. The van der Waals surface area contributed by atoms with Gasteiger partial charge < -0.3 is 13.8 Å². The van der Waals surface area contributed by atoms with Gasteiger partial charge in [0.2, 0.25) is 6.39 Å². The third kappa shape index (κ3) is 2.62. The third-order valence-electron chi connectivity index (χ3n) is 3.32. The first kappa shape index (κ1) is 13.3. The Kier molecular flexibility index (Phi) is 3.39. The Bertz CT molecular complexity index is 763. The first-order valence-corrected chi connectivity index (χ1v) is 6.60. The maximum atomic E-state index is 12.4. The largest absolute Gasteiger partial charge is 0.343 e. The number of amides is 1. The Hall–Kier alpha value is -2.70. The molecule has 0 spiro atoms. The number of nitrogens with zero attached hydrogens (tertiary/aromatic N) is 5. The molecule has 7 heteroatoms. The fourth-order valence-corrected chi connectivity index (χ4v) is 2.12. The maximum absolute atomic E-state index is 12.4. The highest BCUT2D eigenvalue weighted by Gasteiger charge is 2.16. The van der Waals surface area contributed by atoms with E-state index in [-0.39, 0.29) is 5.91 Å². The molecule has 0 saturated heterocycles. The maximum Gasteiger partial charge on any atom is 0.273 e. The smallest absolute Gasteiger partial charge is 0.273 e. The zero-order valence-corrected chi connectivity index (χ0v) is 11.9. The van der Waals surface area contributed by atoms with Gasteiger partial charge >= 0.3 is 0 Å². The Morgan fingerprint density at radius 1 is 1.48 bits per heavy atom. The summed E-state index contributed by atoms with van der Waals surface area (Å²) < 4.78 is 6.52. The molecule has 1 amide bonds. The van der Waals surface area contributed by atoms with Crippen molar-refractivity contribution in [1.29, 1.82) is 0 Å². The molecule has 0 fully saturated rings. The number of hydrogen-bond acceptors (Lipinski definition) is 5. The summed E-state index contributed by atoms with van der Waals surface area (Å²) in [4.78, 5) is 22.3. The van der Waals surface area contributed by atoms with E-state index < -0.39 is 0 Å². The minimum absolute atomic E-state index is 0.124. The number of hydrogen-bond donors (Lipinski definition) is 0. The molecule has 0 atom stereocenters. The number of fused-ring (bicyclic) bond motifs is 1. The van der Waals surface area contributed by atoms with Crippen molar-refractivity contribution in [3.8, 4) is 0 Å². The number of carbonyl (C=O) groups excluding carboxylic acids is 1. The molecule has 0 N–H and O–H groups in total. The molecule has 7 nitrogen and oxygen atoms in total. The third-order valence-corrected chi connectivity index (χ3v) is 3.32. The quantitative estimate of drug-likeness (QED) is 0.723. The van der Waals surface area contributed by atoms with Crippen LogP contribution in [0.15, 0.2) is 35.4 Å². The molecule has 0 aromatic carbocycles. The lowest BCUT2D eigenvalue weighted by molar-refractivity contribution is 0.0790. The van der Waals surface area contributed by atoms with E-state index in [9.17, 15) is 4.79 Å². The number of imidazole rings is 1. The fraction of sp³-hybridized carbons (Fsp3) is 0.286. The minimum Gasteiger partial charge on any atom is -0.343 e. The van der Waals surface area contributed by atoms with Crippen LogP contribution in [0.1, 0.15) is 21.9 Å². The monoisotopic (exact) mass is 285 g/mol. The van der Waals surface area contributed by atoms with Crippen LogP contribution in [-0.2, 0) is 6.42 Å². The lowest BCUT2D eigenvalue weighted by Crippen LogP contribution is -2.29.